The van der Waals surface area contributed by atoms with Gasteiger partial charge in [-0.1, -0.05) is 0 Å². The zero-order valence-electron chi connectivity index (χ0n) is 4.55. The van der Waals surface area contributed by atoms with Gasteiger partial charge in [-0.15, -0.1) is 0 Å². The van der Waals surface area contributed by atoms with E-state index in [1.807, 2.05) is 0 Å². The van der Waals surface area contributed by atoms with Gasteiger partial charge in [0.1, 0.15) is 0 Å². The molecule has 0 unspecified atom stereocenters. The molecule has 0 rings (SSSR count). The molecule has 8 heavy (non-hydrogen) atoms. The Labute approximate surface area is 68.9 Å². The summed E-state index contributed by atoms with van der Waals surface area (Å²) in [7, 11) is 0. The Hall–Kier alpha value is -0.190. The van der Waals surface area contributed by atoms with Gasteiger partial charge in [0.05, 0.1) is 11.8 Å². The third-order valence-corrected chi connectivity index (χ3v) is 0.285. The first-order valence-electron chi connectivity index (χ1n) is 1.56. The summed E-state index contributed by atoms with van der Waals surface area (Å²) >= 11 is 0. The Balaban J connectivity index is 0. The maximum Gasteiger partial charge on any atom is 1.00 e. The van der Waals surface area contributed by atoms with Gasteiger partial charge in [-0.2, -0.15) is 0 Å². The number of nitrogens with two attached hydrogens (primary N) is 2. The number of carbonyl (C=O) groups is 2. The van der Waals surface area contributed by atoms with Gasteiger partial charge < -0.3 is 21.1 Å². The van der Waals surface area contributed by atoms with Crippen molar-refractivity contribution in [2.24, 2.45) is 11.5 Å². The maximum atomic E-state index is 9.68. The molecule has 0 radical (unpaired) electrons. The smallest absolute Gasteiger partial charge is 0.394 e. The molecule has 0 atom stereocenters. The van der Waals surface area contributed by atoms with Crippen molar-refractivity contribution in [2.45, 2.75) is 0 Å². The zero-order chi connectivity index (χ0) is 5.86. The summed E-state index contributed by atoms with van der Waals surface area (Å²) in [6.07, 6.45) is 0.611. The number of amides is 2. The van der Waals surface area contributed by atoms with Gasteiger partial charge in [0.25, 0.3) is 0 Å². The van der Waals surface area contributed by atoms with Crippen LogP contribution in [0.4, 0.5) is 0 Å². The van der Waals surface area contributed by atoms with Crippen molar-refractivity contribution in [3.05, 3.63) is 6.42 Å². The Morgan fingerprint density at radius 3 is 1.38 bits per heavy atom. The van der Waals surface area contributed by atoms with E-state index in [4.69, 9.17) is 0 Å². The van der Waals surface area contributed by atoms with E-state index in [-0.39, 0.29) is 29.6 Å². The summed E-state index contributed by atoms with van der Waals surface area (Å²) in [6, 6.07) is 0. The molecule has 4 nitrogen and oxygen atoms in total. The van der Waals surface area contributed by atoms with E-state index in [0.717, 1.165) is 0 Å². The minimum atomic E-state index is -0.812. The van der Waals surface area contributed by atoms with E-state index in [1.165, 1.54) is 0 Å². The van der Waals surface area contributed by atoms with Crippen molar-refractivity contribution in [2.75, 3.05) is 0 Å². The largest absolute Gasteiger partial charge is 1.00 e. The summed E-state index contributed by atoms with van der Waals surface area (Å²) in [5.41, 5.74) is 9.00. The zero-order valence-corrected chi connectivity index (χ0v) is 6.55. The molecule has 5 heteroatoms. The molecule has 40 valence electrons. The number of carbonyl (C=O) groups excluding carboxylic acids is 2. The Bertz CT molecular complexity index is 91.5. The average molecular weight is 124 g/mol. The molecule has 0 saturated heterocycles. The summed E-state index contributed by atoms with van der Waals surface area (Å²) < 4.78 is 0. The molecule has 0 aromatic heterocycles. The minimum Gasteiger partial charge on any atom is -0.394 e. The molecular formula is C3H5N2NaO2. The molecular weight excluding hydrogens is 119 g/mol. The minimum absolute atomic E-state index is 0. The molecule has 0 fully saturated rings. The number of hydrogen-bond donors (Lipinski definition) is 2. The normalized spacial score (nSPS) is 6.50. The Morgan fingerprint density at radius 2 is 1.38 bits per heavy atom. The van der Waals surface area contributed by atoms with E-state index in [0.29, 0.717) is 6.42 Å². The van der Waals surface area contributed by atoms with Gasteiger partial charge in [0.2, 0.25) is 0 Å². The SMILES string of the molecule is NC(=O)[CH-]C(N)=O.[Na+]. The predicted molar refractivity (Wildman–Crippen MR) is 22.7 cm³/mol. The van der Waals surface area contributed by atoms with Crippen LogP contribution in [0.25, 0.3) is 0 Å². The summed E-state index contributed by atoms with van der Waals surface area (Å²) in [4.78, 5) is 19.4. The second-order valence-electron chi connectivity index (χ2n) is 0.949. The number of rotatable bonds is 2. The van der Waals surface area contributed by atoms with Crippen LogP contribution in [0.5, 0.6) is 0 Å². The second kappa shape index (κ2) is 4.96. The monoisotopic (exact) mass is 124 g/mol. The van der Waals surface area contributed by atoms with E-state index < -0.39 is 11.8 Å². The topological polar surface area (TPSA) is 86.2 Å². The van der Waals surface area contributed by atoms with Crippen LogP contribution in [0.2, 0.25) is 0 Å². The molecule has 0 bridgehead atoms. The van der Waals surface area contributed by atoms with Crippen molar-refractivity contribution in [1.82, 2.24) is 0 Å². The molecule has 0 aromatic carbocycles. The van der Waals surface area contributed by atoms with Gasteiger partial charge in [-0.05, 0) is 0 Å². The Morgan fingerprint density at radius 1 is 1.12 bits per heavy atom. The van der Waals surface area contributed by atoms with Crippen LogP contribution in [0.15, 0.2) is 0 Å². The molecule has 0 aromatic rings. The van der Waals surface area contributed by atoms with Crippen LogP contribution in [-0.2, 0) is 9.59 Å². The van der Waals surface area contributed by atoms with Crippen molar-refractivity contribution in [1.29, 1.82) is 0 Å². The third kappa shape index (κ3) is 9.26. The van der Waals surface area contributed by atoms with Crippen LogP contribution in [-0.4, -0.2) is 11.8 Å². The number of primary amides is 2. The van der Waals surface area contributed by atoms with Gasteiger partial charge in [0, 0.05) is 0 Å². The van der Waals surface area contributed by atoms with E-state index in [2.05, 4.69) is 11.5 Å². The number of hydrogen-bond acceptors (Lipinski definition) is 2. The van der Waals surface area contributed by atoms with Crippen LogP contribution in [0, 0.1) is 6.42 Å². The first kappa shape index (κ1) is 10.7. The van der Waals surface area contributed by atoms with Gasteiger partial charge in [-0.25, -0.2) is 6.42 Å². The van der Waals surface area contributed by atoms with E-state index >= 15 is 0 Å². The average Bonchev–Trinajstić information content (AvgIpc) is 1.27. The molecule has 0 heterocycles. The summed E-state index contributed by atoms with van der Waals surface area (Å²) in [5, 5.41) is 0. The van der Waals surface area contributed by atoms with Gasteiger partial charge >= 0.3 is 29.6 Å². The van der Waals surface area contributed by atoms with Crippen molar-refractivity contribution >= 4 is 11.8 Å². The van der Waals surface area contributed by atoms with Crippen molar-refractivity contribution in [3.63, 3.8) is 0 Å². The summed E-state index contributed by atoms with van der Waals surface area (Å²) in [6.45, 7) is 0. The summed E-state index contributed by atoms with van der Waals surface area (Å²) in [5.74, 6) is -1.62. The second-order valence-corrected chi connectivity index (χ2v) is 0.949. The van der Waals surface area contributed by atoms with Crippen LogP contribution in [0.1, 0.15) is 0 Å². The van der Waals surface area contributed by atoms with Crippen LogP contribution in [0.3, 0.4) is 0 Å². The molecule has 0 aliphatic heterocycles. The maximum absolute atomic E-state index is 9.68. The van der Waals surface area contributed by atoms with Crippen LogP contribution >= 0.6 is 0 Å². The first-order chi connectivity index (χ1) is 3.13. The fraction of sp³-hybridized carbons (Fsp3) is 0. The molecule has 2 amide bonds. The van der Waals surface area contributed by atoms with E-state index in [9.17, 15) is 9.59 Å². The third-order valence-electron chi connectivity index (χ3n) is 0.285. The fourth-order valence-electron chi connectivity index (χ4n) is 0.140. The molecule has 0 saturated carbocycles. The van der Waals surface area contributed by atoms with E-state index in [1.54, 1.807) is 0 Å². The standard InChI is InChI=1S/C3H5N2O2.Na/c4-2(6)1-3(5)7;/h1H,(H2,4,6)(H2,5,7);/q-1;+1. The van der Waals surface area contributed by atoms with Crippen molar-refractivity contribution in [3.8, 4) is 0 Å². The Kier molecular flexibility index (Phi) is 6.65. The molecule has 0 aliphatic rings. The van der Waals surface area contributed by atoms with Crippen molar-refractivity contribution < 1.29 is 39.1 Å². The van der Waals surface area contributed by atoms with Gasteiger partial charge in [-0.3, -0.25) is 0 Å². The predicted octanol–water partition coefficient (Wildman–Crippen LogP) is -4.83. The van der Waals surface area contributed by atoms with Crippen LogP contribution < -0.4 is 41.0 Å². The fourth-order valence-corrected chi connectivity index (χ4v) is 0.140. The van der Waals surface area contributed by atoms with Gasteiger partial charge in [0.15, 0.2) is 0 Å². The molecule has 0 spiro atoms. The molecule has 0 aliphatic carbocycles. The first-order valence-corrected chi connectivity index (χ1v) is 1.56. The molecule has 4 N–H and O–H groups in total. The quantitative estimate of drug-likeness (QED) is 0.220.